The number of benzene rings is 1. The Morgan fingerprint density at radius 1 is 1.29 bits per heavy atom. The molecule has 1 heterocycles. The highest BCUT2D eigenvalue weighted by molar-refractivity contribution is 5.81. The summed E-state index contributed by atoms with van der Waals surface area (Å²) in [5.41, 5.74) is 1.13. The first kappa shape index (κ1) is 18.5. The average molecular weight is 333 g/mol. The number of methoxy groups -OCH3 is 1. The van der Waals surface area contributed by atoms with Gasteiger partial charge in [-0.3, -0.25) is 9.59 Å². The number of hydrogen-bond acceptors (Lipinski definition) is 3. The summed E-state index contributed by atoms with van der Waals surface area (Å²) >= 11 is 0. The van der Waals surface area contributed by atoms with Gasteiger partial charge < -0.3 is 14.7 Å². The minimum atomic E-state index is -0.876. The zero-order valence-corrected chi connectivity index (χ0v) is 14.6. The quantitative estimate of drug-likeness (QED) is 0.833. The van der Waals surface area contributed by atoms with Gasteiger partial charge in [-0.15, -0.1) is 0 Å². The van der Waals surface area contributed by atoms with Crippen LogP contribution in [0, 0.1) is 11.8 Å². The monoisotopic (exact) mass is 333 g/mol. The predicted octanol–water partition coefficient (Wildman–Crippen LogP) is 2.59. The Hall–Kier alpha value is -1.88. The Morgan fingerprint density at radius 2 is 1.96 bits per heavy atom. The number of ether oxygens (including phenoxy) is 1. The van der Waals surface area contributed by atoms with Crippen LogP contribution in [0.15, 0.2) is 30.3 Å². The molecule has 24 heavy (non-hydrogen) atoms. The van der Waals surface area contributed by atoms with Gasteiger partial charge in [-0.2, -0.15) is 0 Å². The molecular weight excluding hydrogens is 306 g/mol. The molecule has 1 aromatic carbocycles. The van der Waals surface area contributed by atoms with E-state index in [0.29, 0.717) is 19.4 Å². The van der Waals surface area contributed by atoms with E-state index in [1.807, 2.05) is 44.2 Å². The topological polar surface area (TPSA) is 66.8 Å². The predicted molar refractivity (Wildman–Crippen MR) is 91.6 cm³/mol. The van der Waals surface area contributed by atoms with E-state index in [2.05, 4.69) is 0 Å². The summed E-state index contributed by atoms with van der Waals surface area (Å²) in [5, 5.41) is 9.14. The summed E-state index contributed by atoms with van der Waals surface area (Å²) in [5.74, 6) is -0.803. The van der Waals surface area contributed by atoms with Crippen LogP contribution in [0.5, 0.6) is 0 Å². The number of nitrogens with zero attached hydrogens (tertiary/aromatic N) is 1. The summed E-state index contributed by atoms with van der Waals surface area (Å²) in [6, 6.07) is 9.68. The van der Waals surface area contributed by atoms with Crippen LogP contribution in [-0.4, -0.2) is 47.7 Å². The third-order valence-electron chi connectivity index (χ3n) is 4.82. The van der Waals surface area contributed by atoms with Crippen LogP contribution in [0.2, 0.25) is 0 Å². The molecule has 0 bridgehead atoms. The molecule has 132 valence electrons. The second-order valence-electron chi connectivity index (χ2n) is 6.88. The molecule has 3 unspecified atom stereocenters. The minimum Gasteiger partial charge on any atom is -0.481 e. The molecule has 1 aliphatic rings. The number of likely N-dealkylation sites (tertiary alicyclic amines) is 1. The van der Waals surface area contributed by atoms with Crippen LogP contribution in [0.4, 0.5) is 0 Å². The van der Waals surface area contributed by atoms with Crippen LogP contribution in [0.1, 0.15) is 32.3 Å². The number of carbonyl (C=O) groups is 2. The van der Waals surface area contributed by atoms with E-state index in [0.717, 1.165) is 5.56 Å². The van der Waals surface area contributed by atoms with Gasteiger partial charge in [-0.05, 0) is 24.3 Å². The molecule has 0 saturated carbocycles. The van der Waals surface area contributed by atoms with Crippen molar-refractivity contribution in [2.24, 2.45) is 11.8 Å². The van der Waals surface area contributed by atoms with Crippen molar-refractivity contribution in [2.75, 3.05) is 13.7 Å². The van der Waals surface area contributed by atoms with Gasteiger partial charge in [0.15, 0.2) is 0 Å². The highest BCUT2D eigenvalue weighted by Gasteiger charge is 2.39. The molecule has 1 aromatic rings. The molecule has 1 saturated heterocycles. The largest absolute Gasteiger partial charge is 0.481 e. The Bertz CT molecular complexity index is 558. The van der Waals surface area contributed by atoms with Gasteiger partial charge in [-0.1, -0.05) is 44.2 Å². The van der Waals surface area contributed by atoms with E-state index in [1.165, 1.54) is 0 Å². The molecule has 2 rings (SSSR count). The van der Waals surface area contributed by atoms with Crippen molar-refractivity contribution in [1.29, 1.82) is 0 Å². The maximum atomic E-state index is 13.1. The molecular formula is C19H27NO4. The smallest absolute Gasteiger partial charge is 0.305 e. The first-order valence-corrected chi connectivity index (χ1v) is 8.51. The lowest BCUT2D eigenvalue weighted by Gasteiger charge is -2.30. The molecule has 0 aliphatic carbocycles. The zero-order chi connectivity index (χ0) is 17.7. The SMILES string of the molecule is COC1CC(CC(=O)O)N(C(=O)C(Cc2ccccc2)C(C)C)C1. The van der Waals surface area contributed by atoms with Crippen molar-refractivity contribution in [3.05, 3.63) is 35.9 Å². The molecule has 1 aliphatic heterocycles. The van der Waals surface area contributed by atoms with Crippen molar-refractivity contribution in [3.63, 3.8) is 0 Å². The van der Waals surface area contributed by atoms with Crippen LogP contribution in [0.25, 0.3) is 0 Å². The van der Waals surface area contributed by atoms with E-state index >= 15 is 0 Å². The van der Waals surface area contributed by atoms with E-state index in [-0.39, 0.29) is 36.3 Å². The fraction of sp³-hybridized carbons (Fsp3) is 0.579. The molecule has 0 radical (unpaired) electrons. The van der Waals surface area contributed by atoms with Gasteiger partial charge in [-0.25, -0.2) is 0 Å². The van der Waals surface area contributed by atoms with Crippen LogP contribution in [-0.2, 0) is 20.7 Å². The van der Waals surface area contributed by atoms with E-state index < -0.39 is 5.97 Å². The highest BCUT2D eigenvalue weighted by Crippen LogP contribution is 2.28. The number of amides is 1. The van der Waals surface area contributed by atoms with Crippen LogP contribution in [0.3, 0.4) is 0 Å². The van der Waals surface area contributed by atoms with Gasteiger partial charge in [0.1, 0.15) is 0 Å². The van der Waals surface area contributed by atoms with Gasteiger partial charge in [0.25, 0.3) is 0 Å². The molecule has 1 N–H and O–H groups in total. The number of hydrogen-bond donors (Lipinski definition) is 1. The third-order valence-corrected chi connectivity index (χ3v) is 4.82. The van der Waals surface area contributed by atoms with E-state index in [4.69, 9.17) is 9.84 Å². The van der Waals surface area contributed by atoms with Crippen LogP contribution >= 0.6 is 0 Å². The normalized spacial score (nSPS) is 21.9. The second-order valence-corrected chi connectivity index (χ2v) is 6.88. The lowest BCUT2D eigenvalue weighted by atomic mass is 9.87. The molecule has 1 fully saturated rings. The van der Waals surface area contributed by atoms with Crippen molar-refractivity contribution in [2.45, 2.75) is 45.3 Å². The van der Waals surface area contributed by atoms with Crippen molar-refractivity contribution in [1.82, 2.24) is 4.90 Å². The Labute approximate surface area is 143 Å². The molecule has 5 heteroatoms. The number of carbonyl (C=O) groups excluding carboxylic acids is 1. The average Bonchev–Trinajstić information content (AvgIpc) is 2.95. The maximum absolute atomic E-state index is 13.1. The summed E-state index contributed by atoms with van der Waals surface area (Å²) in [6.45, 7) is 4.56. The Balaban J connectivity index is 2.16. The van der Waals surface area contributed by atoms with E-state index in [1.54, 1.807) is 12.0 Å². The van der Waals surface area contributed by atoms with Gasteiger partial charge in [0, 0.05) is 25.6 Å². The highest BCUT2D eigenvalue weighted by atomic mass is 16.5. The fourth-order valence-electron chi connectivity index (χ4n) is 3.40. The molecule has 5 nitrogen and oxygen atoms in total. The summed E-state index contributed by atoms with van der Waals surface area (Å²) < 4.78 is 5.38. The van der Waals surface area contributed by atoms with Gasteiger partial charge in [0.05, 0.1) is 12.5 Å². The minimum absolute atomic E-state index is 0.0260. The van der Waals surface area contributed by atoms with Gasteiger partial charge >= 0.3 is 5.97 Å². The lowest BCUT2D eigenvalue weighted by molar-refractivity contribution is -0.142. The molecule has 1 amide bonds. The lowest BCUT2D eigenvalue weighted by Crippen LogP contribution is -2.43. The van der Waals surface area contributed by atoms with E-state index in [9.17, 15) is 9.59 Å². The summed E-state index contributed by atoms with van der Waals surface area (Å²) in [4.78, 5) is 26.0. The second kappa shape index (κ2) is 8.29. The van der Waals surface area contributed by atoms with Gasteiger partial charge in [0.2, 0.25) is 5.91 Å². The number of aliphatic carboxylic acids is 1. The number of carboxylic acids is 1. The van der Waals surface area contributed by atoms with Crippen molar-refractivity contribution in [3.8, 4) is 0 Å². The fourth-order valence-corrected chi connectivity index (χ4v) is 3.40. The number of carboxylic acid groups (broad SMARTS) is 1. The first-order valence-electron chi connectivity index (χ1n) is 8.51. The Morgan fingerprint density at radius 3 is 2.50 bits per heavy atom. The Kier molecular flexibility index (Phi) is 6.37. The summed E-state index contributed by atoms with van der Waals surface area (Å²) in [6.07, 6.45) is 1.15. The third kappa shape index (κ3) is 4.57. The van der Waals surface area contributed by atoms with Crippen LogP contribution < -0.4 is 0 Å². The van der Waals surface area contributed by atoms with Crippen molar-refractivity contribution >= 4 is 11.9 Å². The standard InChI is InChI=1S/C19H27NO4/c1-13(2)17(9-14-7-5-4-6-8-14)19(23)20-12-16(24-3)10-15(20)11-18(21)22/h4-8,13,15-17H,9-12H2,1-3H3,(H,21,22). The first-order chi connectivity index (χ1) is 11.4. The summed E-state index contributed by atoms with van der Waals surface area (Å²) in [7, 11) is 1.61. The molecule has 0 spiro atoms. The zero-order valence-electron chi connectivity index (χ0n) is 14.6. The molecule has 0 aromatic heterocycles. The van der Waals surface area contributed by atoms with Crippen molar-refractivity contribution < 1.29 is 19.4 Å². The maximum Gasteiger partial charge on any atom is 0.305 e. The molecule has 3 atom stereocenters. The number of rotatable bonds is 7.